The number of carbonyl (C=O) groups is 1. The van der Waals surface area contributed by atoms with Crippen LogP contribution in [-0.4, -0.2) is 37.8 Å². The summed E-state index contributed by atoms with van der Waals surface area (Å²) in [5.41, 5.74) is 0.982. The lowest BCUT2D eigenvalue weighted by molar-refractivity contribution is -0.274. The van der Waals surface area contributed by atoms with E-state index in [1.807, 2.05) is 0 Å². The molecule has 0 bridgehead atoms. The Balaban J connectivity index is 2.24. The normalized spacial score (nSPS) is 10.8. The fourth-order valence-electron chi connectivity index (χ4n) is 2.51. The predicted octanol–water partition coefficient (Wildman–Crippen LogP) is 4.98. The Labute approximate surface area is 182 Å². The molecule has 0 saturated heterocycles. The van der Waals surface area contributed by atoms with E-state index >= 15 is 0 Å². The molecule has 2 aromatic carbocycles. The smallest absolute Gasteiger partial charge is 0.490 e. The van der Waals surface area contributed by atoms with Crippen LogP contribution in [0.4, 0.5) is 24.5 Å². The summed E-state index contributed by atoms with van der Waals surface area (Å²) in [6, 6.07) is 8.03. The maximum absolute atomic E-state index is 12.3. The topological polar surface area (TPSA) is 78.1 Å². The Kier molecular flexibility index (Phi) is 8.31. The average molecular weight is 458 g/mol. The third kappa shape index (κ3) is 7.21. The molecule has 31 heavy (non-hydrogen) atoms. The number of methoxy groups -OCH3 is 1. The van der Waals surface area contributed by atoms with E-state index in [9.17, 15) is 18.0 Å². The molecule has 0 radical (unpaired) electrons. The number of nitrogens with one attached hydrogen (secondary N) is 2. The van der Waals surface area contributed by atoms with Gasteiger partial charge in [0.2, 0.25) is 0 Å². The van der Waals surface area contributed by atoms with Gasteiger partial charge in [0.25, 0.3) is 0 Å². The van der Waals surface area contributed by atoms with Crippen molar-refractivity contribution >= 4 is 34.7 Å². The van der Waals surface area contributed by atoms with Crippen LogP contribution in [0.1, 0.15) is 24.2 Å². The summed E-state index contributed by atoms with van der Waals surface area (Å²) < 4.78 is 56.6. The fourth-order valence-corrected chi connectivity index (χ4v) is 2.74. The molecular formula is C20H21F3N2O5S. The molecule has 168 valence electrons. The lowest BCUT2D eigenvalue weighted by atomic mass is 10.1. The van der Waals surface area contributed by atoms with Crippen molar-refractivity contribution in [3.63, 3.8) is 0 Å². The van der Waals surface area contributed by atoms with Gasteiger partial charge in [-0.3, -0.25) is 0 Å². The maximum Gasteiger partial charge on any atom is 0.573 e. The third-order valence-corrected chi connectivity index (χ3v) is 3.86. The van der Waals surface area contributed by atoms with Crippen LogP contribution in [0.3, 0.4) is 0 Å². The van der Waals surface area contributed by atoms with Crippen molar-refractivity contribution in [2.24, 2.45) is 0 Å². The van der Waals surface area contributed by atoms with Gasteiger partial charge in [-0.25, -0.2) is 4.79 Å². The molecule has 0 aliphatic rings. The number of carbonyl (C=O) groups excluding carboxylic acids is 1. The van der Waals surface area contributed by atoms with Crippen molar-refractivity contribution in [3.8, 4) is 17.2 Å². The monoisotopic (exact) mass is 458 g/mol. The van der Waals surface area contributed by atoms with Crippen LogP contribution in [-0.2, 0) is 4.74 Å². The first-order valence-electron chi connectivity index (χ1n) is 9.12. The summed E-state index contributed by atoms with van der Waals surface area (Å²) in [5, 5.41) is 5.85. The van der Waals surface area contributed by atoms with Crippen molar-refractivity contribution < 1.29 is 36.9 Å². The molecule has 2 N–H and O–H groups in total. The van der Waals surface area contributed by atoms with E-state index < -0.39 is 12.3 Å². The molecule has 0 aliphatic heterocycles. The first-order valence-corrected chi connectivity index (χ1v) is 9.53. The maximum atomic E-state index is 12.3. The lowest BCUT2D eigenvalue weighted by Gasteiger charge is -2.18. The van der Waals surface area contributed by atoms with Crippen molar-refractivity contribution in [1.29, 1.82) is 0 Å². The van der Waals surface area contributed by atoms with Crippen molar-refractivity contribution in [2.45, 2.75) is 20.2 Å². The number of rotatable bonds is 8. The Bertz CT molecular complexity index is 920. The number of hydrogen-bond acceptors (Lipinski definition) is 6. The van der Waals surface area contributed by atoms with E-state index in [-0.39, 0.29) is 16.4 Å². The largest absolute Gasteiger partial charge is 0.573 e. The second kappa shape index (κ2) is 10.7. The van der Waals surface area contributed by atoms with Gasteiger partial charge in [-0.2, -0.15) is 0 Å². The lowest BCUT2D eigenvalue weighted by Crippen LogP contribution is -2.20. The fraction of sp³-hybridized carbons (Fsp3) is 0.300. The van der Waals surface area contributed by atoms with Gasteiger partial charge in [0, 0.05) is 5.69 Å². The Morgan fingerprint density at radius 1 is 1.03 bits per heavy atom. The molecule has 0 unspecified atom stereocenters. The van der Waals surface area contributed by atoms with E-state index in [0.29, 0.717) is 36.1 Å². The molecule has 11 heteroatoms. The van der Waals surface area contributed by atoms with Crippen LogP contribution in [0.15, 0.2) is 36.4 Å². The zero-order valence-corrected chi connectivity index (χ0v) is 17.8. The van der Waals surface area contributed by atoms with Gasteiger partial charge >= 0.3 is 12.3 Å². The number of alkyl halides is 3. The molecule has 0 aromatic heterocycles. The second-order valence-corrected chi connectivity index (χ2v) is 6.27. The van der Waals surface area contributed by atoms with E-state index in [2.05, 4.69) is 15.4 Å². The quantitative estimate of drug-likeness (QED) is 0.424. The Hall–Kier alpha value is -3.21. The first kappa shape index (κ1) is 24.1. The van der Waals surface area contributed by atoms with Crippen molar-refractivity contribution in [2.75, 3.05) is 31.0 Å². The summed E-state index contributed by atoms with van der Waals surface area (Å²) in [4.78, 5) is 12.0. The van der Waals surface area contributed by atoms with Gasteiger partial charge in [-0.05, 0) is 62.5 Å². The number of benzene rings is 2. The summed E-state index contributed by atoms with van der Waals surface area (Å²) >= 11 is 5.28. The standard InChI is InChI=1S/C20H21F3N2O5S/c1-4-28-16-11-12(18(26)27-3)10-15(17(16)29-5-2)25-19(31)24-13-6-8-14(9-7-13)30-20(21,22)23/h6-11H,4-5H2,1-3H3,(H2,24,25,31). The van der Waals surface area contributed by atoms with Crippen LogP contribution in [0.5, 0.6) is 17.2 Å². The van der Waals surface area contributed by atoms with Crippen molar-refractivity contribution in [3.05, 3.63) is 42.0 Å². The number of esters is 1. The second-order valence-electron chi connectivity index (χ2n) is 5.86. The van der Waals surface area contributed by atoms with Gasteiger partial charge in [-0.15, -0.1) is 13.2 Å². The predicted molar refractivity (Wildman–Crippen MR) is 113 cm³/mol. The molecule has 0 aliphatic carbocycles. The highest BCUT2D eigenvalue weighted by Gasteiger charge is 2.31. The van der Waals surface area contributed by atoms with Gasteiger partial charge < -0.3 is 29.6 Å². The zero-order chi connectivity index (χ0) is 23.0. The van der Waals surface area contributed by atoms with Gasteiger partial charge in [0.05, 0.1) is 31.6 Å². The Morgan fingerprint density at radius 3 is 2.23 bits per heavy atom. The molecular weight excluding hydrogens is 437 g/mol. The molecule has 0 spiro atoms. The summed E-state index contributed by atoms with van der Waals surface area (Å²) in [6.45, 7) is 4.23. The number of ether oxygens (including phenoxy) is 4. The summed E-state index contributed by atoms with van der Waals surface area (Å²) in [6.07, 6.45) is -4.77. The summed E-state index contributed by atoms with van der Waals surface area (Å²) in [7, 11) is 1.25. The Morgan fingerprint density at radius 2 is 1.68 bits per heavy atom. The van der Waals surface area contributed by atoms with Gasteiger partial charge in [0.1, 0.15) is 5.75 Å². The minimum absolute atomic E-state index is 0.106. The minimum atomic E-state index is -4.77. The number of halogens is 3. The van der Waals surface area contributed by atoms with Crippen LogP contribution in [0.2, 0.25) is 0 Å². The van der Waals surface area contributed by atoms with Crippen LogP contribution >= 0.6 is 12.2 Å². The van der Waals surface area contributed by atoms with Gasteiger partial charge in [0.15, 0.2) is 16.6 Å². The van der Waals surface area contributed by atoms with E-state index in [1.54, 1.807) is 13.8 Å². The summed E-state index contributed by atoms with van der Waals surface area (Å²) in [5.74, 6) is -0.268. The number of hydrogen-bond donors (Lipinski definition) is 2. The molecule has 0 fully saturated rings. The molecule has 0 atom stereocenters. The number of anilines is 2. The van der Waals surface area contributed by atoms with Gasteiger partial charge in [-0.1, -0.05) is 0 Å². The minimum Gasteiger partial charge on any atom is -0.490 e. The zero-order valence-electron chi connectivity index (χ0n) is 17.0. The molecule has 7 nitrogen and oxygen atoms in total. The van der Waals surface area contributed by atoms with Crippen LogP contribution in [0, 0.1) is 0 Å². The third-order valence-electron chi connectivity index (χ3n) is 3.66. The first-order chi connectivity index (χ1) is 14.7. The number of thiocarbonyl (C=S) groups is 1. The van der Waals surface area contributed by atoms with Crippen LogP contribution < -0.4 is 24.8 Å². The van der Waals surface area contributed by atoms with Crippen molar-refractivity contribution in [1.82, 2.24) is 0 Å². The van der Waals surface area contributed by atoms with E-state index in [1.165, 1.54) is 31.4 Å². The highest BCUT2D eigenvalue weighted by Crippen LogP contribution is 2.37. The highest BCUT2D eigenvalue weighted by molar-refractivity contribution is 7.80. The molecule has 0 amide bonds. The van der Waals surface area contributed by atoms with E-state index in [0.717, 1.165) is 12.1 Å². The average Bonchev–Trinajstić information content (AvgIpc) is 2.70. The molecule has 2 rings (SSSR count). The molecule has 0 heterocycles. The molecule has 0 saturated carbocycles. The highest BCUT2D eigenvalue weighted by atomic mass is 32.1. The van der Waals surface area contributed by atoms with Crippen LogP contribution in [0.25, 0.3) is 0 Å². The van der Waals surface area contributed by atoms with E-state index in [4.69, 9.17) is 26.4 Å². The SMILES string of the molecule is CCOc1cc(C(=O)OC)cc(NC(=S)Nc2ccc(OC(F)(F)F)cc2)c1OCC. The molecule has 2 aromatic rings.